The van der Waals surface area contributed by atoms with Gasteiger partial charge in [0.2, 0.25) is 0 Å². The molecule has 0 amide bonds. The number of hydrogen-bond donors (Lipinski definition) is 0. The van der Waals surface area contributed by atoms with Crippen molar-refractivity contribution in [3.8, 4) is 23.0 Å². The fourth-order valence-electron chi connectivity index (χ4n) is 2.75. The molecule has 0 spiro atoms. The maximum atomic E-state index is 4.88. The third-order valence-electron chi connectivity index (χ3n) is 3.93. The second-order valence-corrected chi connectivity index (χ2v) is 17.6. The summed E-state index contributed by atoms with van der Waals surface area (Å²) in [6.45, 7) is 13.8. The van der Waals surface area contributed by atoms with Crippen molar-refractivity contribution in [3.05, 3.63) is 43.0 Å². The molecule has 0 aliphatic carbocycles. The molecule has 0 aliphatic heterocycles. The van der Waals surface area contributed by atoms with E-state index in [1.54, 1.807) is 0 Å². The molecule has 3 heterocycles. The van der Waals surface area contributed by atoms with Gasteiger partial charge in [-0.25, -0.2) is 15.0 Å². The van der Waals surface area contributed by atoms with Crippen molar-refractivity contribution in [3.63, 3.8) is 0 Å². The van der Waals surface area contributed by atoms with Crippen molar-refractivity contribution in [1.29, 1.82) is 0 Å². The second-order valence-electron chi connectivity index (χ2n) is 7.99. The Morgan fingerprint density at radius 3 is 1.36 bits per heavy atom. The number of pyridine rings is 1. The van der Waals surface area contributed by atoms with Gasteiger partial charge in [-0.2, -0.15) is 0 Å². The maximum absolute atomic E-state index is 4.88. The standard InChI is InChI=1S/C17H25N5Si2.3ClH.Co/c1-23(2,3)21-12-10-18-16(21)14-8-7-9-15(20-14)17-19-11-13-22(17)24(4,5)6;;;;/h7-13H,1-6H3;3*1H;/q;;;;+3/p-3. The molecule has 28 heavy (non-hydrogen) atoms. The summed E-state index contributed by atoms with van der Waals surface area (Å²) in [6, 6.07) is 6.11. The Morgan fingerprint density at radius 2 is 1.04 bits per heavy atom. The number of halogens is 3. The minimum absolute atomic E-state index is 0. The first kappa shape index (κ1) is 29.6. The molecular weight excluding hydrogens is 496 g/mol. The van der Waals surface area contributed by atoms with Crippen LogP contribution >= 0.6 is 0 Å². The normalized spacial score (nSPS) is 10.8. The summed E-state index contributed by atoms with van der Waals surface area (Å²) in [5.41, 5.74) is 1.81. The van der Waals surface area contributed by atoms with Crippen LogP contribution in [0.3, 0.4) is 0 Å². The third kappa shape index (κ3) is 6.19. The quantitative estimate of drug-likeness (QED) is 0.325. The van der Waals surface area contributed by atoms with E-state index in [1.807, 2.05) is 30.6 Å². The average molecular weight is 521 g/mol. The van der Waals surface area contributed by atoms with Crippen LogP contribution < -0.4 is 37.2 Å². The van der Waals surface area contributed by atoms with E-state index in [0.717, 1.165) is 23.0 Å². The van der Waals surface area contributed by atoms with Gasteiger partial charge < -0.3 is 45.7 Å². The Balaban J connectivity index is 0. The van der Waals surface area contributed by atoms with Crippen LogP contribution in [-0.4, -0.2) is 39.9 Å². The van der Waals surface area contributed by atoms with E-state index < -0.39 is 16.5 Å². The van der Waals surface area contributed by atoms with Crippen LogP contribution in [0, 0.1) is 0 Å². The molecular formula is C17H25Cl3CoN5Si2. The number of hydrogen-bond acceptors (Lipinski definition) is 3. The zero-order chi connectivity index (χ0) is 17.5. The van der Waals surface area contributed by atoms with E-state index in [1.165, 1.54) is 0 Å². The van der Waals surface area contributed by atoms with Gasteiger partial charge in [-0.3, -0.25) is 0 Å². The summed E-state index contributed by atoms with van der Waals surface area (Å²) < 4.78 is 4.59. The third-order valence-corrected chi connectivity index (χ3v) is 7.55. The molecule has 0 radical (unpaired) electrons. The molecule has 5 nitrogen and oxygen atoms in total. The van der Waals surface area contributed by atoms with Gasteiger partial charge in [-0.15, -0.1) is 0 Å². The summed E-state index contributed by atoms with van der Waals surface area (Å²) in [6.07, 6.45) is 7.87. The summed E-state index contributed by atoms with van der Waals surface area (Å²) in [4.78, 5) is 14.0. The molecule has 0 fully saturated rings. The van der Waals surface area contributed by atoms with Crippen molar-refractivity contribution in [2.75, 3.05) is 0 Å². The van der Waals surface area contributed by atoms with Crippen molar-refractivity contribution in [1.82, 2.24) is 23.4 Å². The number of nitrogens with zero attached hydrogens (tertiary/aromatic N) is 5. The monoisotopic (exact) mass is 519 g/mol. The summed E-state index contributed by atoms with van der Waals surface area (Å²) >= 11 is 0. The molecule has 11 heteroatoms. The SMILES string of the molecule is C[Si](C)(C)n1ccnc1-c1cccc(-c2nccn2[Si](C)(C)C)n1.[Cl-].[Cl-].[Cl-].[Co+3]. The average Bonchev–Trinajstić information content (AvgIpc) is 3.15. The van der Waals surface area contributed by atoms with Gasteiger partial charge in [0.1, 0.15) is 11.4 Å². The molecule has 0 aromatic carbocycles. The molecule has 3 rings (SSSR count). The van der Waals surface area contributed by atoms with Gasteiger partial charge in [-0.05, 0) is 12.1 Å². The Labute approximate surface area is 198 Å². The van der Waals surface area contributed by atoms with Crippen LogP contribution in [0.5, 0.6) is 0 Å². The van der Waals surface area contributed by atoms with Crippen LogP contribution in [0.25, 0.3) is 23.0 Å². The predicted octanol–water partition coefficient (Wildman–Crippen LogP) is -4.82. The second kappa shape index (κ2) is 11.0. The Hall–Kier alpha value is -0.620. The van der Waals surface area contributed by atoms with Crippen LogP contribution in [0.15, 0.2) is 43.0 Å². The fraction of sp³-hybridized carbons (Fsp3) is 0.353. The van der Waals surface area contributed by atoms with E-state index in [4.69, 9.17) is 4.98 Å². The smallest absolute Gasteiger partial charge is 1.00 e. The molecule has 0 saturated heterocycles. The first-order valence-electron chi connectivity index (χ1n) is 8.23. The maximum Gasteiger partial charge on any atom is 3.00 e. The molecule has 0 N–H and O–H groups in total. The van der Waals surface area contributed by atoms with Gasteiger partial charge in [0.25, 0.3) is 0 Å². The molecule has 0 unspecified atom stereocenters. The number of imidazole rings is 2. The number of rotatable bonds is 4. The molecule has 0 atom stereocenters. The van der Waals surface area contributed by atoms with Gasteiger partial charge in [0.05, 0.1) is 0 Å². The molecule has 0 aliphatic rings. The van der Waals surface area contributed by atoms with Gasteiger partial charge in [0.15, 0.2) is 28.1 Å². The zero-order valence-corrected chi connectivity index (χ0v) is 22.1. The van der Waals surface area contributed by atoms with Crippen molar-refractivity contribution in [2.45, 2.75) is 39.3 Å². The van der Waals surface area contributed by atoms with Gasteiger partial charge >= 0.3 is 16.8 Å². The Morgan fingerprint density at radius 1 is 0.679 bits per heavy atom. The fourth-order valence-corrected chi connectivity index (χ4v) is 5.40. The van der Waals surface area contributed by atoms with E-state index >= 15 is 0 Å². The Bertz CT molecular complexity index is 805. The van der Waals surface area contributed by atoms with Crippen LogP contribution in [0.2, 0.25) is 39.3 Å². The van der Waals surface area contributed by atoms with Crippen LogP contribution in [-0.2, 0) is 16.8 Å². The summed E-state index contributed by atoms with van der Waals surface area (Å²) in [5, 5.41) is 0. The summed E-state index contributed by atoms with van der Waals surface area (Å²) in [5.74, 6) is 1.89. The van der Waals surface area contributed by atoms with E-state index in [0.29, 0.717) is 0 Å². The van der Waals surface area contributed by atoms with Crippen LogP contribution in [0.1, 0.15) is 0 Å². The zero-order valence-electron chi connectivity index (χ0n) is 16.7. The van der Waals surface area contributed by atoms with E-state index in [2.05, 4.69) is 70.1 Å². The molecule has 3 aromatic heterocycles. The minimum atomic E-state index is -1.53. The summed E-state index contributed by atoms with van der Waals surface area (Å²) in [7, 11) is -3.07. The topological polar surface area (TPSA) is 48.5 Å². The van der Waals surface area contributed by atoms with Crippen molar-refractivity contribution in [2.24, 2.45) is 0 Å². The predicted molar refractivity (Wildman–Crippen MR) is 104 cm³/mol. The molecule has 3 aromatic rings. The molecule has 0 saturated carbocycles. The molecule has 156 valence electrons. The number of aromatic nitrogens is 5. The minimum Gasteiger partial charge on any atom is -1.00 e. The Kier molecular flexibility index (Phi) is 11.6. The van der Waals surface area contributed by atoms with Crippen molar-refractivity contribution >= 4 is 16.5 Å². The van der Waals surface area contributed by atoms with Gasteiger partial charge in [-0.1, -0.05) is 45.3 Å². The van der Waals surface area contributed by atoms with Gasteiger partial charge in [0, 0.05) is 24.8 Å². The van der Waals surface area contributed by atoms with E-state index in [9.17, 15) is 0 Å². The molecule has 0 bridgehead atoms. The van der Waals surface area contributed by atoms with Crippen molar-refractivity contribution < 1.29 is 54.0 Å². The van der Waals surface area contributed by atoms with E-state index in [-0.39, 0.29) is 54.0 Å². The first-order chi connectivity index (χ1) is 11.2. The van der Waals surface area contributed by atoms with Crippen LogP contribution in [0.4, 0.5) is 0 Å². The largest absolute Gasteiger partial charge is 3.00 e. The first-order valence-corrected chi connectivity index (χ1v) is 15.1.